The van der Waals surface area contributed by atoms with Crippen LogP contribution in [0.2, 0.25) is 0 Å². The van der Waals surface area contributed by atoms with Gasteiger partial charge < -0.3 is 9.84 Å². The van der Waals surface area contributed by atoms with Crippen molar-refractivity contribution in [3.8, 4) is 5.75 Å². The average molecular weight is 249 g/mol. The van der Waals surface area contributed by atoms with Crippen LogP contribution in [0.15, 0.2) is 36.9 Å². The lowest BCUT2D eigenvalue weighted by Crippen LogP contribution is -2.47. The Balaban J connectivity index is 3.10. The van der Waals surface area contributed by atoms with Gasteiger partial charge in [0, 0.05) is 6.54 Å². The molecule has 0 heterocycles. The Morgan fingerprint density at radius 1 is 1.61 bits per heavy atom. The number of carbonyl (C=O) groups excluding carboxylic acids is 1. The molecule has 1 unspecified atom stereocenters. The number of hydrogen-bond donors (Lipinski definition) is 2. The van der Waals surface area contributed by atoms with E-state index < -0.39 is 5.54 Å². The summed E-state index contributed by atoms with van der Waals surface area (Å²) in [5.41, 5.74) is -0.342. The van der Waals surface area contributed by atoms with E-state index in [0.29, 0.717) is 18.7 Å². The fourth-order valence-corrected chi connectivity index (χ4v) is 1.66. The van der Waals surface area contributed by atoms with E-state index in [-0.39, 0.29) is 11.7 Å². The molecular weight excluding hydrogens is 230 g/mol. The third-order valence-electron chi connectivity index (χ3n) is 2.71. The van der Waals surface area contributed by atoms with Gasteiger partial charge in [0.05, 0.1) is 6.61 Å². The fraction of sp³-hybridized carbons (Fsp3) is 0.357. The van der Waals surface area contributed by atoms with E-state index in [0.717, 1.165) is 0 Å². The molecule has 4 nitrogen and oxygen atoms in total. The zero-order chi connectivity index (χ0) is 13.6. The second kappa shape index (κ2) is 6.21. The Hall–Kier alpha value is -1.81. The molecule has 0 bridgehead atoms. The summed E-state index contributed by atoms with van der Waals surface area (Å²) in [5.74, 6) is -0.263. The summed E-state index contributed by atoms with van der Waals surface area (Å²) in [6.45, 7) is 7.87. The van der Waals surface area contributed by atoms with Crippen molar-refractivity contribution in [3.05, 3.63) is 42.5 Å². The molecule has 0 saturated heterocycles. The van der Waals surface area contributed by atoms with Crippen LogP contribution in [-0.2, 0) is 15.1 Å². The minimum Gasteiger partial charge on any atom is -0.508 e. The molecule has 0 radical (unpaired) electrons. The molecule has 1 aromatic rings. The zero-order valence-electron chi connectivity index (χ0n) is 10.8. The minimum absolute atomic E-state index is 0.114. The summed E-state index contributed by atoms with van der Waals surface area (Å²) < 4.78 is 5.08. The number of hydrogen-bond acceptors (Lipinski definition) is 4. The molecule has 1 aromatic carbocycles. The van der Waals surface area contributed by atoms with Crippen LogP contribution in [0.5, 0.6) is 5.75 Å². The smallest absolute Gasteiger partial charge is 0.330 e. The molecule has 0 aliphatic rings. The summed E-state index contributed by atoms with van der Waals surface area (Å²) in [7, 11) is 0. The van der Waals surface area contributed by atoms with Crippen molar-refractivity contribution in [2.45, 2.75) is 19.4 Å². The van der Waals surface area contributed by atoms with Crippen molar-refractivity contribution < 1.29 is 14.6 Å². The first-order valence-corrected chi connectivity index (χ1v) is 5.87. The molecule has 1 rings (SSSR count). The maximum atomic E-state index is 12.1. The van der Waals surface area contributed by atoms with E-state index in [9.17, 15) is 9.90 Å². The van der Waals surface area contributed by atoms with Crippen molar-refractivity contribution in [2.24, 2.45) is 0 Å². The number of esters is 1. The van der Waals surface area contributed by atoms with E-state index in [1.165, 1.54) is 0 Å². The van der Waals surface area contributed by atoms with Crippen molar-refractivity contribution in [1.82, 2.24) is 5.32 Å². The third kappa shape index (κ3) is 3.11. The minimum atomic E-state index is -0.997. The normalized spacial score (nSPS) is 13.7. The highest BCUT2D eigenvalue weighted by atomic mass is 16.5. The summed E-state index contributed by atoms with van der Waals surface area (Å²) in [4.78, 5) is 12.1. The van der Waals surface area contributed by atoms with E-state index in [4.69, 9.17) is 4.74 Å². The van der Waals surface area contributed by atoms with E-state index in [1.807, 2.05) is 0 Å². The van der Waals surface area contributed by atoms with Gasteiger partial charge in [-0.3, -0.25) is 5.32 Å². The van der Waals surface area contributed by atoms with Gasteiger partial charge in [-0.1, -0.05) is 18.2 Å². The number of benzene rings is 1. The van der Waals surface area contributed by atoms with Crippen LogP contribution in [0, 0.1) is 0 Å². The second-order valence-corrected chi connectivity index (χ2v) is 4.07. The van der Waals surface area contributed by atoms with Crippen LogP contribution in [0.3, 0.4) is 0 Å². The van der Waals surface area contributed by atoms with Crippen LogP contribution in [0.4, 0.5) is 0 Å². The number of rotatable bonds is 6. The van der Waals surface area contributed by atoms with Crippen molar-refractivity contribution in [1.29, 1.82) is 0 Å². The van der Waals surface area contributed by atoms with Crippen LogP contribution < -0.4 is 5.32 Å². The molecule has 0 spiro atoms. The van der Waals surface area contributed by atoms with Crippen LogP contribution in [0.1, 0.15) is 19.4 Å². The number of ether oxygens (including phenoxy) is 1. The predicted octanol–water partition coefficient (Wildman–Crippen LogP) is 1.95. The average Bonchev–Trinajstić information content (AvgIpc) is 2.36. The van der Waals surface area contributed by atoms with E-state index >= 15 is 0 Å². The van der Waals surface area contributed by atoms with Crippen molar-refractivity contribution in [3.63, 3.8) is 0 Å². The number of aromatic hydroxyl groups is 1. The fourth-order valence-electron chi connectivity index (χ4n) is 1.66. The van der Waals surface area contributed by atoms with Gasteiger partial charge in [0.1, 0.15) is 11.3 Å². The van der Waals surface area contributed by atoms with Gasteiger partial charge in [-0.15, -0.1) is 6.58 Å². The standard InChI is InChI=1S/C14H19NO3/c1-4-9-15-14(3,13(17)18-5-2)11-7-6-8-12(16)10-11/h4,6-8,10,15-16H,1,5,9H2,2-3H3. The van der Waals surface area contributed by atoms with Gasteiger partial charge in [0.2, 0.25) is 0 Å². The first-order chi connectivity index (χ1) is 8.54. The summed E-state index contributed by atoms with van der Waals surface area (Å²) in [5, 5.41) is 12.6. The maximum absolute atomic E-state index is 12.1. The summed E-state index contributed by atoms with van der Waals surface area (Å²) >= 11 is 0. The first kappa shape index (κ1) is 14.3. The van der Waals surface area contributed by atoms with Crippen LogP contribution in [0.25, 0.3) is 0 Å². The SMILES string of the molecule is C=CCNC(C)(C(=O)OCC)c1cccc(O)c1. The van der Waals surface area contributed by atoms with E-state index in [1.54, 1.807) is 44.2 Å². The molecular formula is C14H19NO3. The van der Waals surface area contributed by atoms with Crippen LogP contribution >= 0.6 is 0 Å². The molecule has 0 aromatic heterocycles. The van der Waals surface area contributed by atoms with Gasteiger partial charge in [-0.05, 0) is 31.5 Å². The Morgan fingerprint density at radius 2 is 2.33 bits per heavy atom. The Bertz CT molecular complexity index is 431. The molecule has 0 aliphatic heterocycles. The highest BCUT2D eigenvalue weighted by Gasteiger charge is 2.36. The topological polar surface area (TPSA) is 58.6 Å². The molecule has 4 heteroatoms. The monoisotopic (exact) mass is 249 g/mol. The molecule has 0 fully saturated rings. The number of nitrogens with one attached hydrogen (secondary N) is 1. The van der Waals surface area contributed by atoms with Gasteiger partial charge >= 0.3 is 5.97 Å². The predicted molar refractivity (Wildman–Crippen MR) is 70.3 cm³/mol. The Labute approximate surface area is 107 Å². The number of carbonyl (C=O) groups is 1. The van der Waals surface area contributed by atoms with Crippen LogP contribution in [-0.4, -0.2) is 24.2 Å². The quantitative estimate of drug-likeness (QED) is 0.597. The van der Waals surface area contributed by atoms with Crippen molar-refractivity contribution >= 4 is 5.97 Å². The molecule has 0 aliphatic carbocycles. The lowest BCUT2D eigenvalue weighted by Gasteiger charge is -2.28. The molecule has 98 valence electrons. The number of phenols is 1. The highest BCUT2D eigenvalue weighted by Crippen LogP contribution is 2.25. The van der Waals surface area contributed by atoms with Gasteiger partial charge in [0.25, 0.3) is 0 Å². The van der Waals surface area contributed by atoms with Crippen molar-refractivity contribution in [2.75, 3.05) is 13.2 Å². The van der Waals surface area contributed by atoms with Gasteiger partial charge in [0.15, 0.2) is 0 Å². The van der Waals surface area contributed by atoms with Gasteiger partial charge in [-0.2, -0.15) is 0 Å². The Kier molecular flexibility index (Phi) is 4.92. The molecule has 0 amide bonds. The Morgan fingerprint density at radius 3 is 2.89 bits per heavy atom. The first-order valence-electron chi connectivity index (χ1n) is 5.87. The largest absolute Gasteiger partial charge is 0.508 e. The summed E-state index contributed by atoms with van der Waals surface area (Å²) in [6.07, 6.45) is 1.67. The number of phenolic OH excluding ortho intramolecular Hbond substituents is 1. The zero-order valence-corrected chi connectivity index (χ0v) is 10.8. The van der Waals surface area contributed by atoms with E-state index in [2.05, 4.69) is 11.9 Å². The summed E-state index contributed by atoms with van der Waals surface area (Å²) in [6, 6.07) is 6.57. The molecule has 0 saturated carbocycles. The lowest BCUT2D eigenvalue weighted by atomic mass is 9.91. The van der Waals surface area contributed by atoms with Gasteiger partial charge in [-0.25, -0.2) is 4.79 Å². The lowest BCUT2D eigenvalue weighted by molar-refractivity contribution is -0.150. The second-order valence-electron chi connectivity index (χ2n) is 4.07. The third-order valence-corrected chi connectivity index (χ3v) is 2.71. The maximum Gasteiger partial charge on any atom is 0.330 e. The molecule has 18 heavy (non-hydrogen) atoms. The molecule has 2 N–H and O–H groups in total. The highest BCUT2D eigenvalue weighted by molar-refractivity contribution is 5.82. The molecule has 1 atom stereocenters.